The molecule has 0 atom stereocenters. The number of sulfonamides is 1. The van der Waals surface area contributed by atoms with E-state index in [9.17, 15) is 26.4 Å². The first-order valence-corrected chi connectivity index (χ1v) is 8.59. The van der Waals surface area contributed by atoms with Gasteiger partial charge in [0.15, 0.2) is 0 Å². The Bertz CT molecular complexity index is 633. The topological polar surface area (TPSA) is 87.3 Å². The highest BCUT2D eigenvalue weighted by molar-refractivity contribution is 7.88. The van der Waals surface area contributed by atoms with Gasteiger partial charge in [-0.2, -0.15) is 13.2 Å². The second-order valence-corrected chi connectivity index (χ2v) is 6.63. The smallest absolute Gasteiger partial charge is 0.338 e. The zero-order chi connectivity index (χ0) is 17.5. The van der Waals surface area contributed by atoms with E-state index in [1.54, 1.807) is 6.07 Å². The highest BCUT2D eigenvalue weighted by Crippen LogP contribution is 2.29. The van der Waals surface area contributed by atoms with Crippen LogP contribution in [-0.4, -0.2) is 40.3 Å². The summed E-state index contributed by atoms with van der Waals surface area (Å²) >= 11 is 0. The van der Waals surface area contributed by atoms with Crippen LogP contribution in [0.25, 0.3) is 0 Å². The quantitative estimate of drug-likeness (QED) is 0.642. The van der Waals surface area contributed by atoms with E-state index in [-0.39, 0.29) is 26.1 Å². The Morgan fingerprint density at radius 1 is 1.13 bits per heavy atom. The third kappa shape index (κ3) is 8.41. The van der Waals surface area contributed by atoms with Crippen molar-refractivity contribution in [3.05, 3.63) is 35.4 Å². The van der Waals surface area contributed by atoms with Gasteiger partial charge in [-0.3, -0.25) is 0 Å². The van der Waals surface area contributed by atoms with Gasteiger partial charge in [0.1, 0.15) is 0 Å². The van der Waals surface area contributed by atoms with Crippen LogP contribution in [0, 0.1) is 0 Å². The van der Waals surface area contributed by atoms with Crippen LogP contribution in [0.2, 0.25) is 0 Å². The van der Waals surface area contributed by atoms with Crippen LogP contribution in [0.4, 0.5) is 18.0 Å². The summed E-state index contributed by atoms with van der Waals surface area (Å²) in [5.74, 6) is 0. The summed E-state index contributed by atoms with van der Waals surface area (Å²) in [6.45, 7) is 0.314. The Hall–Kier alpha value is -1.81. The van der Waals surface area contributed by atoms with Crippen molar-refractivity contribution in [2.75, 3.05) is 25.9 Å². The zero-order valence-corrected chi connectivity index (χ0v) is 13.2. The van der Waals surface area contributed by atoms with Crippen molar-refractivity contribution >= 4 is 16.1 Å². The molecular formula is C13H18F3N3O3S. The number of nitrogens with one attached hydrogen (secondary N) is 3. The number of hydrogen-bond acceptors (Lipinski definition) is 3. The number of halogens is 3. The van der Waals surface area contributed by atoms with Gasteiger partial charge in [-0.15, -0.1) is 0 Å². The van der Waals surface area contributed by atoms with E-state index >= 15 is 0 Å². The van der Waals surface area contributed by atoms with Crippen LogP contribution in [0.15, 0.2) is 24.3 Å². The van der Waals surface area contributed by atoms with Gasteiger partial charge in [0.2, 0.25) is 10.0 Å². The zero-order valence-electron chi connectivity index (χ0n) is 12.4. The molecule has 130 valence electrons. The van der Waals surface area contributed by atoms with E-state index in [1.807, 2.05) is 0 Å². The third-order valence-electron chi connectivity index (χ3n) is 2.73. The van der Waals surface area contributed by atoms with Gasteiger partial charge in [-0.05, 0) is 18.1 Å². The average molecular weight is 353 g/mol. The lowest BCUT2D eigenvalue weighted by atomic mass is 10.1. The molecule has 0 fully saturated rings. The van der Waals surface area contributed by atoms with E-state index in [0.29, 0.717) is 5.56 Å². The molecule has 0 heterocycles. The molecule has 0 saturated carbocycles. The molecule has 0 aromatic heterocycles. The predicted molar refractivity (Wildman–Crippen MR) is 79.4 cm³/mol. The largest absolute Gasteiger partial charge is 0.416 e. The van der Waals surface area contributed by atoms with Crippen LogP contribution in [0.3, 0.4) is 0 Å². The lowest BCUT2D eigenvalue weighted by Crippen LogP contribution is -2.40. The molecule has 6 nitrogen and oxygen atoms in total. The van der Waals surface area contributed by atoms with Crippen molar-refractivity contribution in [2.45, 2.75) is 12.6 Å². The summed E-state index contributed by atoms with van der Waals surface area (Å²) in [6, 6.07) is 4.36. The van der Waals surface area contributed by atoms with Crippen LogP contribution in [0.5, 0.6) is 0 Å². The van der Waals surface area contributed by atoms with Gasteiger partial charge in [-0.1, -0.05) is 18.2 Å². The van der Waals surface area contributed by atoms with Gasteiger partial charge in [-0.25, -0.2) is 17.9 Å². The van der Waals surface area contributed by atoms with Gasteiger partial charge in [0.05, 0.1) is 11.8 Å². The molecule has 3 N–H and O–H groups in total. The summed E-state index contributed by atoms with van der Waals surface area (Å²) in [7, 11) is -3.30. The van der Waals surface area contributed by atoms with E-state index in [4.69, 9.17) is 0 Å². The van der Waals surface area contributed by atoms with Crippen LogP contribution < -0.4 is 15.4 Å². The number of hydrogen-bond donors (Lipinski definition) is 3. The first-order chi connectivity index (χ1) is 10.6. The number of benzene rings is 1. The molecule has 0 aliphatic heterocycles. The molecule has 0 saturated heterocycles. The molecule has 0 unspecified atom stereocenters. The molecule has 0 bridgehead atoms. The lowest BCUT2D eigenvalue weighted by molar-refractivity contribution is -0.137. The van der Waals surface area contributed by atoms with Gasteiger partial charge >= 0.3 is 12.2 Å². The van der Waals surface area contributed by atoms with Crippen molar-refractivity contribution in [3.63, 3.8) is 0 Å². The van der Waals surface area contributed by atoms with E-state index in [1.165, 1.54) is 6.07 Å². The Balaban J connectivity index is 2.30. The highest BCUT2D eigenvalue weighted by atomic mass is 32.2. The maximum Gasteiger partial charge on any atom is 0.416 e. The van der Waals surface area contributed by atoms with Gasteiger partial charge < -0.3 is 10.6 Å². The van der Waals surface area contributed by atoms with Crippen molar-refractivity contribution in [2.24, 2.45) is 0 Å². The summed E-state index contributed by atoms with van der Waals surface area (Å²) in [5.41, 5.74) is -0.273. The molecule has 10 heteroatoms. The molecular weight excluding hydrogens is 335 g/mol. The van der Waals surface area contributed by atoms with E-state index < -0.39 is 27.8 Å². The van der Waals surface area contributed by atoms with Crippen molar-refractivity contribution in [1.82, 2.24) is 15.4 Å². The summed E-state index contributed by atoms with van der Waals surface area (Å²) in [5, 5.41) is 4.90. The molecule has 2 amide bonds. The van der Waals surface area contributed by atoms with Crippen LogP contribution in [-0.2, 0) is 22.6 Å². The molecule has 0 spiro atoms. The number of carbonyl (C=O) groups is 1. The molecule has 1 aromatic carbocycles. The second-order valence-electron chi connectivity index (χ2n) is 4.80. The predicted octanol–water partition coefficient (Wildman–Crippen LogP) is 1.10. The highest BCUT2D eigenvalue weighted by Gasteiger charge is 2.30. The molecule has 0 aliphatic rings. The number of amides is 2. The summed E-state index contributed by atoms with van der Waals surface area (Å²) < 4.78 is 61.4. The Labute approximate surface area is 132 Å². The van der Waals surface area contributed by atoms with Crippen LogP contribution in [0.1, 0.15) is 11.1 Å². The number of carbonyl (C=O) groups excluding carboxylic acids is 1. The molecule has 1 aromatic rings. The number of urea groups is 1. The summed E-state index contributed by atoms with van der Waals surface area (Å²) in [4.78, 5) is 11.4. The number of alkyl halides is 3. The second kappa shape index (κ2) is 8.16. The van der Waals surface area contributed by atoms with E-state index in [0.717, 1.165) is 18.4 Å². The third-order valence-corrected chi connectivity index (χ3v) is 3.46. The normalized spacial score (nSPS) is 12.0. The minimum absolute atomic E-state index is 0.0554. The van der Waals surface area contributed by atoms with Crippen molar-refractivity contribution in [1.29, 1.82) is 0 Å². The summed E-state index contributed by atoms with van der Waals surface area (Å²) in [6.07, 6.45) is -3.14. The Morgan fingerprint density at radius 2 is 1.78 bits per heavy atom. The lowest BCUT2D eigenvalue weighted by Gasteiger charge is -2.10. The minimum atomic E-state index is -4.40. The maximum atomic E-state index is 12.5. The fourth-order valence-electron chi connectivity index (χ4n) is 1.70. The van der Waals surface area contributed by atoms with E-state index in [2.05, 4.69) is 15.4 Å². The fraction of sp³-hybridized carbons (Fsp3) is 0.462. The number of rotatable bonds is 7. The van der Waals surface area contributed by atoms with Gasteiger partial charge in [0, 0.05) is 19.6 Å². The molecule has 0 radical (unpaired) electrons. The standard InChI is InChI=1S/C13H18F3N3O3S/c1-23(21,22)19-8-7-18-12(20)17-6-5-10-3-2-4-11(9-10)13(14,15)16/h2-4,9,19H,5-8H2,1H3,(H2,17,18,20). The molecule has 23 heavy (non-hydrogen) atoms. The monoisotopic (exact) mass is 353 g/mol. The Kier molecular flexibility index (Phi) is 6.82. The van der Waals surface area contributed by atoms with Crippen molar-refractivity contribution in [3.8, 4) is 0 Å². The minimum Gasteiger partial charge on any atom is -0.338 e. The molecule has 1 rings (SSSR count). The first-order valence-electron chi connectivity index (χ1n) is 6.70. The fourth-order valence-corrected chi connectivity index (χ4v) is 2.17. The SMILES string of the molecule is CS(=O)(=O)NCCNC(=O)NCCc1cccc(C(F)(F)F)c1. The molecule has 0 aliphatic carbocycles. The Morgan fingerprint density at radius 3 is 2.39 bits per heavy atom. The van der Waals surface area contributed by atoms with Gasteiger partial charge in [0.25, 0.3) is 0 Å². The maximum absolute atomic E-state index is 12.5. The average Bonchev–Trinajstić information content (AvgIpc) is 2.42. The first kappa shape index (κ1) is 19.2. The van der Waals surface area contributed by atoms with Crippen LogP contribution >= 0.6 is 0 Å². The van der Waals surface area contributed by atoms with Crippen molar-refractivity contribution < 1.29 is 26.4 Å².